The zero-order valence-corrected chi connectivity index (χ0v) is 27.2. The van der Waals surface area contributed by atoms with E-state index in [4.69, 9.17) is 4.74 Å². The quantitative estimate of drug-likeness (QED) is 0.162. The van der Waals surface area contributed by atoms with E-state index < -0.39 is 17.9 Å². The third-order valence-electron chi connectivity index (χ3n) is 8.46. The number of aliphatic carboxylic acids is 1. The molecule has 2 heterocycles. The summed E-state index contributed by atoms with van der Waals surface area (Å²) in [6, 6.07) is 22.0. The Morgan fingerprint density at radius 2 is 1.49 bits per heavy atom. The molecular formula is C38H42N4O5. The molecule has 9 nitrogen and oxygen atoms in total. The summed E-state index contributed by atoms with van der Waals surface area (Å²) in [4.78, 5) is 48.5. The van der Waals surface area contributed by atoms with Crippen LogP contribution in [-0.2, 0) is 22.4 Å². The molecule has 0 saturated carbocycles. The molecule has 5 rings (SSSR count). The fraction of sp³-hybridized carbons (Fsp3) is 0.342. The number of amides is 2. The number of aromatic nitrogens is 2. The first-order valence-corrected chi connectivity index (χ1v) is 16.3. The number of carbonyl (C=O) groups excluding carboxylic acids is 2. The average molecular weight is 635 g/mol. The van der Waals surface area contributed by atoms with Crippen LogP contribution < -0.4 is 10.1 Å². The van der Waals surface area contributed by atoms with Gasteiger partial charge in [0.15, 0.2) is 5.82 Å². The summed E-state index contributed by atoms with van der Waals surface area (Å²) in [7, 11) is 0. The van der Waals surface area contributed by atoms with Gasteiger partial charge in [-0.2, -0.15) is 0 Å². The van der Waals surface area contributed by atoms with Crippen LogP contribution in [0, 0.1) is 11.8 Å². The minimum Gasteiger partial charge on any atom is -0.494 e. The number of nitrogens with one attached hydrogen (secondary N) is 1. The van der Waals surface area contributed by atoms with Gasteiger partial charge in [0.2, 0.25) is 5.91 Å². The Morgan fingerprint density at radius 3 is 2.09 bits per heavy atom. The fourth-order valence-corrected chi connectivity index (χ4v) is 5.45. The van der Waals surface area contributed by atoms with Crippen LogP contribution in [0.1, 0.15) is 55.1 Å². The number of likely N-dealkylation sites (tertiary alicyclic amines) is 1. The van der Waals surface area contributed by atoms with Gasteiger partial charge in [0, 0.05) is 48.6 Å². The van der Waals surface area contributed by atoms with E-state index in [0.29, 0.717) is 23.9 Å². The van der Waals surface area contributed by atoms with E-state index in [9.17, 15) is 19.5 Å². The van der Waals surface area contributed by atoms with Crippen LogP contribution in [0.3, 0.4) is 0 Å². The van der Waals surface area contributed by atoms with Crippen LogP contribution in [0.2, 0.25) is 0 Å². The van der Waals surface area contributed by atoms with Gasteiger partial charge in [-0.1, -0.05) is 69.3 Å². The summed E-state index contributed by atoms with van der Waals surface area (Å²) in [6.07, 6.45) is 6.88. The smallest absolute Gasteiger partial charge is 0.310 e. The summed E-state index contributed by atoms with van der Waals surface area (Å²) in [5.74, 6) is -0.0662. The van der Waals surface area contributed by atoms with Gasteiger partial charge in [-0.3, -0.25) is 14.4 Å². The molecule has 0 aliphatic carbocycles. The van der Waals surface area contributed by atoms with E-state index in [1.165, 1.54) is 4.90 Å². The molecule has 2 N–H and O–H groups in total. The van der Waals surface area contributed by atoms with Crippen LogP contribution in [-0.4, -0.2) is 63.5 Å². The minimum atomic E-state index is -0.924. The Balaban J connectivity index is 1.23. The molecule has 0 unspecified atom stereocenters. The van der Waals surface area contributed by atoms with E-state index in [2.05, 4.69) is 29.1 Å². The van der Waals surface area contributed by atoms with E-state index in [1.807, 2.05) is 67.6 Å². The average Bonchev–Trinajstić information content (AvgIpc) is 3.06. The summed E-state index contributed by atoms with van der Waals surface area (Å²) in [5, 5.41) is 12.2. The number of carboxylic acid groups (broad SMARTS) is 1. The van der Waals surface area contributed by atoms with Crippen molar-refractivity contribution in [1.82, 2.24) is 20.2 Å². The predicted molar refractivity (Wildman–Crippen MR) is 181 cm³/mol. The highest BCUT2D eigenvalue weighted by Crippen LogP contribution is 2.24. The first-order valence-electron chi connectivity index (χ1n) is 16.3. The van der Waals surface area contributed by atoms with Crippen molar-refractivity contribution >= 4 is 17.8 Å². The second-order valence-electron chi connectivity index (χ2n) is 12.5. The number of hydrogen-bond donors (Lipinski definition) is 2. The predicted octanol–water partition coefficient (Wildman–Crippen LogP) is 6.07. The molecule has 4 aromatic rings. The van der Waals surface area contributed by atoms with E-state index in [0.717, 1.165) is 52.8 Å². The van der Waals surface area contributed by atoms with E-state index in [1.54, 1.807) is 24.5 Å². The Morgan fingerprint density at radius 1 is 0.872 bits per heavy atom. The van der Waals surface area contributed by atoms with Gasteiger partial charge in [-0.15, -0.1) is 0 Å². The summed E-state index contributed by atoms with van der Waals surface area (Å²) in [5.41, 5.74) is 5.13. The summed E-state index contributed by atoms with van der Waals surface area (Å²) < 4.78 is 5.86. The van der Waals surface area contributed by atoms with Crippen molar-refractivity contribution in [3.8, 4) is 28.3 Å². The zero-order chi connectivity index (χ0) is 33.3. The van der Waals surface area contributed by atoms with Crippen molar-refractivity contribution < 1.29 is 24.2 Å². The molecule has 1 fully saturated rings. The molecule has 0 radical (unpaired) electrons. The highest BCUT2D eigenvalue weighted by Gasteiger charge is 2.38. The molecule has 9 heteroatoms. The number of carboxylic acids is 1. The molecule has 1 aliphatic heterocycles. The Kier molecular flexibility index (Phi) is 11.0. The van der Waals surface area contributed by atoms with Crippen molar-refractivity contribution in [2.75, 3.05) is 19.7 Å². The Labute approximate surface area is 276 Å². The summed E-state index contributed by atoms with van der Waals surface area (Å²) >= 11 is 0. The summed E-state index contributed by atoms with van der Waals surface area (Å²) in [6.45, 7) is 7.44. The zero-order valence-electron chi connectivity index (χ0n) is 27.2. The number of nitrogens with zero attached hydrogens (tertiary/aromatic N) is 3. The molecule has 1 aromatic heterocycles. The molecule has 0 bridgehead atoms. The first kappa shape index (κ1) is 33.3. The van der Waals surface area contributed by atoms with Gasteiger partial charge in [0.25, 0.3) is 5.91 Å². The number of ether oxygens (including phenoxy) is 1. The number of aryl methyl sites for hydroxylation is 1. The lowest BCUT2D eigenvalue weighted by atomic mass is 9.96. The van der Waals surface area contributed by atoms with Crippen LogP contribution in [0.15, 0.2) is 85.2 Å². The van der Waals surface area contributed by atoms with Crippen molar-refractivity contribution in [2.24, 2.45) is 11.8 Å². The van der Waals surface area contributed by atoms with Gasteiger partial charge in [0.1, 0.15) is 11.8 Å². The van der Waals surface area contributed by atoms with Crippen LogP contribution in [0.4, 0.5) is 0 Å². The third kappa shape index (κ3) is 8.82. The molecule has 244 valence electrons. The molecular weight excluding hydrogens is 592 g/mol. The maximum Gasteiger partial charge on any atom is 0.310 e. The van der Waals surface area contributed by atoms with Gasteiger partial charge in [-0.05, 0) is 66.1 Å². The number of rotatable bonds is 14. The number of benzene rings is 3. The van der Waals surface area contributed by atoms with Gasteiger partial charge < -0.3 is 20.1 Å². The lowest BCUT2D eigenvalue weighted by Gasteiger charge is -2.39. The third-order valence-corrected chi connectivity index (χ3v) is 8.46. The van der Waals surface area contributed by atoms with Gasteiger partial charge >= 0.3 is 5.97 Å². The lowest BCUT2D eigenvalue weighted by Crippen LogP contribution is -2.59. The second kappa shape index (κ2) is 15.5. The van der Waals surface area contributed by atoms with Crippen molar-refractivity contribution in [2.45, 2.75) is 52.5 Å². The molecule has 1 atom stereocenters. The lowest BCUT2D eigenvalue weighted by molar-refractivity contribution is -0.153. The Bertz CT molecular complexity index is 1650. The largest absolute Gasteiger partial charge is 0.494 e. The maximum absolute atomic E-state index is 13.4. The molecule has 0 spiro atoms. The highest BCUT2D eigenvalue weighted by molar-refractivity contribution is 5.98. The van der Waals surface area contributed by atoms with Crippen LogP contribution in [0.25, 0.3) is 22.5 Å². The SMILES string of the molecule is CCc1ccc(C(=O)N[C@@H](Cc2ccc(-c3ncc(-c4ccc(OCCCC(C)C)cc4)cn3)cc2)C(=O)N2CC(C(=O)O)C2)cc1. The Hall–Kier alpha value is -5.05. The molecule has 1 saturated heterocycles. The highest BCUT2D eigenvalue weighted by atomic mass is 16.5. The first-order chi connectivity index (χ1) is 22.7. The van der Waals surface area contributed by atoms with Crippen molar-refractivity contribution in [3.05, 3.63) is 102 Å². The molecule has 47 heavy (non-hydrogen) atoms. The maximum atomic E-state index is 13.4. The van der Waals surface area contributed by atoms with Crippen LogP contribution in [0.5, 0.6) is 5.75 Å². The van der Waals surface area contributed by atoms with E-state index >= 15 is 0 Å². The van der Waals surface area contributed by atoms with E-state index in [-0.39, 0.29) is 31.3 Å². The standard InChI is InChI=1S/C38H42N4O5/c1-4-26-7-13-30(14-8-26)36(43)41-34(37(44)42-23-32(24-42)38(45)46)20-27-9-11-29(12-10-27)35-39-21-31(22-40-35)28-15-17-33(18-16-28)47-19-5-6-25(2)3/h7-18,21-22,25,32,34H,4-6,19-20,23-24H2,1-3H3,(H,41,43)(H,45,46)/t34-/m0/s1. The molecule has 3 aromatic carbocycles. The van der Waals surface area contributed by atoms with Crippen molar-refractivity contribution in [3.63, 3.8) is 0 Å². The van der Waals surface area contributed by atoms with Gasteiger partial charge in [-0.25, -0.2) is 9.97 Å². The van der Waals surface area contributed by atoms with Gasteiger partial charge in [0.05, 0.1) is 12.5 Å². The van der Waals surface area contributed by atoms with Crippen LogP contribution >= 0.6 is 0 Å². The molecule has 1 aliphatic rings. The molecule has 2 amide bonds. The fourth-order valence-electron chi connectivity index (χ4n) is 5.45. The van der Waals surface area contributed by atoms with Crippen molar-refractivity contribution in [1.29, 1.82) is 0 Å². The topological polar surface area (TPSA) is 122 Å². The number of hydrogen-bond acceptors (Lipinski definition) is 6. The monoisotopic (exact) mass is 634 g/mol. The normalized spacial score (nSPS) is 13.6. The minimum absolute atomic E-state index is 0.133. The number of carbonyl (C=O) groups is 3. The second-order valence-corrected chi connectivity index (χ2v) is 12.5.